The summed E-state index contributed by atoms with van der Waals surface area (Å²) in [6.45, 7) is 5.33. The van der Waals surface area contributed by atoms with Gasteiger partial charge in [-0.15, -0.1) is 0 Å². The van der Waals surface area contributed by atoms with Crippen LogP contribution in [0.2, 0.25) is 0 Å². The van der Waals surface area contributed by atoms with E-state index in [1.807, 2.05) is 0 Å². The summed E-state index contributed by atoms with van der Waals surface area (Å²) in [7, 11) is 0. The highest BCUT2D eigenvalue weighted by Gasteiger charge is 2.31. The van der Waals surface area contributed by atoms with Crippen LogP contribution in [0.1, 0.15) is 6.92 Å². The molecule has 4 atom stereocenters. The summed E-state index contributed by atoms with van der Waals surface area (Å²) in [5.41, 5.74) is 0.661. The first-order chi connectivity index (χ1) is 6.52. The molecule has 0 aromatic carbocycles. The molecule has 0 saturated carbocycles. The average Bonchev–Trinajstić information content (AvgIpc) is 2.11. The SMILES string of the molecule is C=C(C)C#C[C@H]1[C@H](O)[C@@H](O)C=C[C@@H]1O. The summed E-state index contributed by atoms with van der Waals surface area (Å²) < 4.78 is 0. The maximum Gasteiger partial charge on any atom is 0.100 e. The van der Waals surface area contributed by atoms with Gasteiger partial charge in [0.2, 0.25) is 0 Å². The Hall–Kier alpha value is -1.08. The van der Waals surface area contributed by atoms with Crippen molar-refractivity contribution in [3.8, 4) is 11.8 Å². The van der Waals surface area contributed by atoms with Gasteiger partial charge in [-0.3, -0.25) is 0 Å². The molecule has 0 heterocycles. The van der Waals surface area contributed by atoms with Crippen LogP contribution in [0.3, 0.4) is 0 Å². The van der Waals surface area contributed by atoms with Gasteiger partial charge in [0.25, 0.3) is 0 Å². The lowest BCUT2D eigenvalue weighted by atomic mass is 9.87. The van der Waals surface area contributed by atoms with Gasteiger partial charge in [0.05, 0.1) is 18.1 Å². The first-order valence-corrected chi connectivity index (χ1v) is 4.42. The first-order valence-electron chi connectivity index (χ1n) is 4.42. The number of aliphatic hydroxyl groups is 3. The predicted molar refractivity (Wildman–Crippen MR) is 53.2 cm³/mol. The van der Waals surface area contributed by atoms with Crippen molar-refractivity contribution in [1.82, 2.24) is 0 Å². The third-order valence-corrected chi connectivity index (χ3v) is 2.04. The van der Waals surface area contributed by atoms with Gasteiger partial charge in [-0.05, 0) is 12.5 Å². The number of allylic oxidation sites excluding steroid dienone is 1. The van der Waals surface area contributed by atoms with Crippen LogP contribution in [0.4, 0.5) is 0 Å². The monoisotopic (exact) mass is 194 g/mol. The highest BCUT2D eigenvalue weighted by molar-refractivity contribution is 5.27. The van der Waals surface area contributed by atoms with Gasteiger partial charge in [0.1, 0.15) is 6.10 Å². The third-order valence-electron chi connectivity index (χ3n) is 2.04. The molecule has 3 nitrogen and oxygen atoms in total. The predicted octanol–water partition coefficient (Wildman–Crippen LogP) is -0.165. The molecule has 0 amide bonds. The van der Waals surface area contributed by atoms with E-state index in [0.717, 1.165) is 0 Å². The molecule has 0 bridgehead atoms. The minimum absolute atomic E-state index is 0.647. The van der Waals surface area contributed by atoms with E-state index in [-0.39, 0.29) is 0 Å². The van der Waals surface area contributed by atoms with Gasteiger partial charge < -0.3 is 15.3 Å². The molecule has 1 aliphatic carbocycles. The molecule has 0 fully saturated rings. The Labute approximate surface area is 83.4 Å². The van der Waals surface area contributed by atoms with E-state index in [2.05, 4.69) is 18.4 Å². The Bertz CT molecular complexity index is 308. The summed E-state index contributed by atoms with van der Waals surface area (Å²) in [6, 6.07) is 0. The van der Waals surface area contributed by atoms with Gasteiger partial charge in [-0.25, -0.2) is 0 Å². The molecule has 0 aromatic rings. The Balaban J connectivity index is 2.83. The molecule has 76 valence electrons. The molecular formula is C11H14O3. The lowest BCUT2D eigenvalue weighted by molar-refractivity contribution is -0.0172. The maximum absolute atomic E-state index is 9.53. The second-order valence-corrected chi connectivity index (χ2v) is 3.43. The zero-order valence-electron chi connectivity index (χ0n) is 8.01. The van der Waals surface area contributed by atoms with Crippen LogP contribution in [0.5, 0.6) is 0 Å². The van der Waals surface area contributed by atoms with Gasteiger partial charge in [-0.2, -0.15) is 0 Å². The third kappa shape index (κ3) is 2.46. The number of hydrogen-bond acceptors (Lipinski definition) is 3. The van der Waals surface area contributed by atoms with Crippen LogP contribution < -0.4 is 0 Å². The second-order valence-electron chi connectivity index (χ2n) is 3.43. The summed E-state index contributed by atoms with van der Waals surface area (Å²) in [6.07, 6.45) is -0.0198. The Kier molecular flexibility index (Phi) is 3.48. The quantitative estimate of drug-likeness (QED) is 0.371. The van der Waals surface area contributed by atoms with Gasteiger partial charge in [0.15, 0.2) is 0 Å². The molecule has 3 heteroatoms. The van der Waals surface area contributed by atoms with Crippen molar-refractivity contribution < 1.29 is 15.3 Å². The summed E-state index contributed by atoms with van der Waals surface area (Å²) in [5.74, 6) is 4.73. The number of rotatable bonds is 0. The zero-order chi connectivity index (χ0) is 10.7. The molecule has 1 aliphatic rings. The molecule has 0 radical (unpaired) electrons. The first kappa shape index (κ1) is 11.0. The molecular weight excluding hydrogens is 180 g/mol. The summed E-state index contributed by atoms with van der Waals surface area (Å²) in [5, 5.41) is 28.3. The van der Waals surface area contributed by atoms with Crippen LogP contribution in [-0.4, -0.2) is 33.6 Å². The van der Waals surface area contributed by atoms with Crippen molar-refractivity contribution in [3.05, 3.63) is 24.3 Å². The molecule has 14 heavy (non-hydrogen) atoms. The van der Waals surface area contributed by atoms with E-state index in [0.29, 0.717) is 5.57 Å². The fraction of sp³-hybridized carbons (Fsp3) is 0.455. The molecule has 0 aromatic heterocycles. The van der Waals surface area contributed by atoms with Crippen molar-refractivity contribution in [1.29, 1.82) is 0 Å². The number of aliphatic hydroxyl groups excluding tert-OH is 3. The van der Waals surface area contributed by atoms with Crippen LogP contribution in [0, 0.1) is 17.8 Å². The summed E-state index contributed by atoms with van der Waals surface area (Å²) in [4.78, 5) is 0. The molecule has 0 saturated heterocycles. The Morgan fingerprint density at radius 3 is 2.36 bits per heavy atom. The van der Waals surface area contributed by atoms with Gasteiger partial charge >= 0.3 is 0 Å². The molecule has 3 N–H and O–H groups in total. The van der Waals surface area contributed by atoms with Crippen molar-refractivity contribution in [2.75, 3.05) is 0 Å². The van der Waals surface area contributed by atoms with Crippen molar-refractivity contribution >= 4 is 0 Å². The molecule has 0 unspecified atom stereocenters. The topological polar surface area (TPSA) is 60.7 Å². The standard InChI is InChI=1S/C11H14O3/c1-7(2)3-4-8-9(12)5-6-10(13)11(8)14/h5-6,8-14H,1H2,2H3/t8-,9+,10+,11+/m1/s1. The minimum atomic E-state index is -1.04. The van der Waals surface area contributed by atoms with Crippen molar-refractivity contribution in [2.24, 2.45) is 5.92 Å². The Morgan fingerprint density at radius 1 is 1.21 bits per heavy atom. The van der Waals surface area contributed by atoms with E-state index in [4.69, 9.17) is 0 Å². The Morgan fingerprint density at radius 2 is 1.79 bits per heavy atom. The van der Waals surface area contributed by atoms with E-state index in [1.54, 1.807) is 6.92 Å². The second kappa shape index (κ2) is 4.43. The van der Waals surface area contributed by atoms with Crippen LogP contribution >= 0.6 is 0 Å². The van der Waals surface area contributed by atoms with Crippen LogP contribution in [-0.2, 0) is 0 Å². The minimum Gasteiger partial charge on any atom is -0.389 e. The van der Waals surface area contributed by atoms with Gasteiger partial charge in [-0.1, -0.05) is 30.6 Å². The fourth-order valence-electron chi connectivity index (χ4n) is 1.25. The maximum atomic E-state index is 9.53. The normalized spacial score (nSPS) is 36.0. The molecule has 1 rings (SSSR count). The highest BCUT2D eigenvalue weighted by atomic mass is 16.3. The molecule has 0 aliphatic heterocycles. The van der Waals surface area contributed by atoms with E-state index in [9.17, 15) is 15.3 Å². The molecule has 0 spiro atoms. The zero-order valence-corrected chi connectivity index (χ0v) is 8.01. The highest BCUT2D eigenvalue weighted by Crippen LogP contribution is 2.19. The van der Waals surface area contributed by atoms with Crippen LogP contribution in [0.25, 0.3) is 0 Å². The fourth-order valence-corrected chi connectivity index (χ4v) is 1.25. The average molecular weight is 194 g/mol. The lowest BCUT2D eigenvalue weighted by Crippen LogP contribution is -2.41. The van der Waals surface area contributed by atoms with Crippen molar-refractivity contribution in [2.45, 2.75) is 25.2 Å². The van der Waals surface area contributed by atoms with Crippen LogP contribution in [0.15, 0.2) is 24.3 Å². The van der Waals surface area contributed by atoms with Crippen molar-refractivity contribution in [3.63, 3.8) is 0 Å². The smallest absolute Gasteiger partial charge is 0.100 e. The van der Waals surface area contributed by atoms with E-state index >= 15 is 0 Å². The largest absolute Gasteiger partial charge is 0.389 e. The van der Waals surface area contributed by atoms with E-state index < -0.39 is 24.2 Å². The van der Waals surface area contributed by atoms with Gasteiger partial charge in [0, 0.05) is 0 Å². The number of hydrogen-bond donors (Lipinski definition) is 3. The lowest BCUT2D eigenvalue weighted by Gasteiger charge is -2.27. The summed E-state index contributed by atoms with van der Waals surface area (Å²) >= 11 is 0. The van der Waals surface area contributed by atoms with E-state index in [1.165, 1.54) is 12.2 Å².